The average Bonchev–Trinajstić information content (AvgIpc) is 3.45. The van der Waals surface area contributed by atoms with Gasteiger partial charge < -0.3 is 19.5 Å². The van der Waals surface area contributed by atoms with Crippen LogP contribution >= 0.6 is 23.8 Å². The van der Waals surface area contributed by atoms with E-state index in [0.29, 0.717) is 5.11 Å². The molecule has 2 aromatic carbocycles. The summed E-state index contributed by atoms with van der Waals surface area (Å²) in [6.07, 6.45) is 3.88. The lowest BCUT2D eigenvalue weighted by Crippen LogP contribution is -2.30. The van der Waals surface area contributed by atoms with Crippen molar-refractivity contribution in [2.24, 2.45) is 0 Å². The lowest BCUT2D eigenvalue weighted by atomic mass is 10.0. The maximum absolute atomic E-state index is 6.30. The Morgan fingerprint density at radius 3 is 2.64 bits per heavy atom. The van der Waals surface area contributed by atoms with Crippen LogP contribution in [0.2, 0.25) is 5.02 Å². The molecule has 1 aliphatic rings. The molecule has 0 radical (unpaired) electrons. The standard InChI is InChI=1S/C26H23ClN4OS/c1-17-15-18(11-12-21(17)27)30-14-6-10-23(30)25-24(22-9-3-4-13-28-22)29-26(33)31(25)19-7-5-8-20(16-19)32-2/h3-16,24-25H,1-2H3,(H,29,33)/t24-,25-/m1/s1. The number of hydrogen-bond acceptors (Lipinski definition) is 3. The van der Waals surface area contributed by atoms with Gasteiger partial charge in [0.2, 0.25) is 0 Å². The molecule has 5 nitrogen and oxygen atoms in total. The van der Waals surface area contributed by atoms with E-state index < -0.39 is 0 Å². The first-order chi connectivity index (χ1) is 16.1. The smallest absolute Gasteiger partial charge is 0.174 e. The molecule has 2 atom stereocenters. The van der Waals surface area contributed by atoms with Crippen LogP contribution in [-0.2, 0) is 0 Å². The molecule has 1 aliphatic heterocycles. The first kappa shape index (κ1) is 21.5. The second kappa shape index (κ2) is 8.89. The number of thiocarbonyl (C=S) groups is 1. The van der Waals surface area contributed by atoms with E-state index in [1.807, 2.05) is 67.7 Å². The van der Waals surface area contributed by atoms with Crippen molar-refractivity contribution < 1.29 is 4.74 Å². The van der Waals surface area contributed by atoms with Crippen molar-refractivity contribution in [3.8, 4) is 11.4 Å². The van der Waals surface area contributed by atoms with Gasteiger partial charge in [0.15, 0.2) is 5.11 Å². The van der Waals surface area contributed by atoms with E-state index in [9.17, 15) is 0 Å². The molecule has 0 bridgehead atoms. The van der Waals surface area contributed by atoms with Crippen molar-refractivity contribution in [1.82, 2.24) is 14.9 Å². The van der Waals surface area contributed by atoms with Gasteiger partial charge in [-0.15, -0.1) is 0 Å². The van der Waals surface area contributed by atoms with Crippen molar-refractivity contribution in [3.63, 3.8) is 0 Å². The molecular formula is C26H23ClN4OS. The molecule has 0 saturated carbocycles. The fourth-order valence-corrected chi connectivity index (χ4v) is 4.81. The summed E-state index contributed by atoms with van der Waals surface area (Å²) in [5, 5.41) is 4.91. The van der Waals surface area contributed by atoms with Gasteiger partial charge in [0, 0.05) is 40.6 Å². The van der Waals surface area contributed by atoms with Gasteiger partial charge >= 0.3 is 0 Å². The highest BCUT2D eigenvalue weighted by Crippen LogP contribution is 2.43. The second-order valence-corrected chi connectivity index (χ2v) is 8.73. The fraction of sp³-hybridized carbons (Fsp3) is 0.154. The number of rotatable bonds is 5. The third kappa shape index (κ3) is 3.96. The van der Waals surface area contributed by atoms with Crippen LogP contribution in [0.15, 0.2) is 85.2 Å². The van der Waals surface area contributed by atoms with E-state index in [1.165, 1.54) is 0 Å². The topological polar surface area (TPSA) is 42.3 Å². The molecule has 0 amide bonds. The second-order valence-electron chi connectivity index (χ2n) is 7.93. The minimum absolute atomic E-state index is 0.132. The van der Waals surface area contributed by atoms with Crippen molar-refractivity contribution in [2.45, 2.75) is 19.0 Å². The highest BCUT2D eigenvalue weighted by molar-refractivity contribution is 7.80. The van der Waals surface area contributed by atoms with Crippen LogP contribution in [0, 0.1) is 6.92 Å². The summed E-state index contributed by atoms with van der Waals surface area (Å²) in [6.45, 7) is 2.01. The summed E-state index contributed by atoms with van der Waals surface area (Å²) >= 11 is 12.1. The fourth-order valence-electron chi connectivity index (χ4n) is 4.34. The minimum atomic E-state index is -0.134. The normalized spacial score (nSPS) is 17.8. The summed E-state index contributed by atoms with van der Waals surface area (Å²) < 4.78 is 7.67. The Kier molecular flexibility index (Phi) is 5.79. The Morgan fingerprint density at radius 1 is 1.00 bits per heavy atom. The molecule has 0 unspecified atom stereocenters. The molecule has 0 aliphatic carbocycles. The lowest BCUT2D eigenvalue weighted by Gasteiger charge is -2.29. The first-order valence-electron chi connectivity index (χ1n) is 10.7. The number of benzene rings is 2. The largest absolute Gasteiger partial charge is 0.497 e. The maximum atomic E-state index is 6.30. The van der Waals surface area contributed by atoms with Crippen LogP contribution in [0.5, 0.6) is 5.75 Å². The number of aromatic nitrogens is 2. The van der Waals surface area contributed by atoms with Gasteiger partial charge in [-0.3, -0.25) is 4.98 Å². The zero-order valence-corrected chi connectivity index (χ0v) is 19.8. The molecule has 1 saturated heterocycles. The van der Waals surface area contributed by atoms with Gasteiger partial charge in [0.1, 0.15) is 11.8 Å². The van der Waals surface area contributed by atoms with E-state index in [0.717, 1.165) is 39.1 Å². The summed E-state index contributed by atoms with van der Waals surface area (Å²) in [5.41, 5.74) is 5.04. The summed E-state index contributed by atoms with van der Waals surface area (Å²) in [6, 6.07) is 23.9. The SMILES string of the molecule is COc1cccc(N2C(=S)N[C@H](c3ccccn3)[C@H]2c2cccn2-c2ccc(Cl)c(C)c2)c1. The van der Waals surface area contributed by atoms with Crippen LogP contribution in [-0.4, -0.2) is 21.8 Å². The molecule has 2 aromatic heterocycles. The van der Waals surface area contributed by atoms with E-state index >= 15 is 0 Å². The van der Waals surface area contributed by atoms with Gasteiger partial charge in [-0.1, -0.05) is 23.7 Å². The van der Waals surface area contributed by atoms with Gasteiger partial charge in [-0.2, -0.15) is 0 Å². The van der Waals surface area contributed by atoms with Crippen LogP contribution in [0.1, 0.15) is 29.0 Å². The molecule has 166 valence electrons. The van der Waals surface area contributed by atoms with Crippen LogP contribution in [0.3, 0.4) is 0 Å². The predicted octanol–water partition coefficient (Wildman–Crippen LogP) is 6.02. The van der Waals surface area contributed by atoms with Crippen molar-refractivity contribution in [3.05, 3.63) is 107 Å². The van der Waals surface area contributed by atoms with Crippen molar-refractivity contribution in [1.29, 1.82) is 0 Å². The van der Waals surface area contributed by atoms with Crippen molar-refractivity contribution in [2.75, 3.05) is 12.0 Å². The predicted molar refractivity (Wildman–Crippen MR) is 136 cm³/mol. The number of anilines is 1. The van der Waals surface area contributed by atoms with Crippen molar-refractivity contribution >= 4 is 34.6 Å². The van der Waals surface area contributed by atoms with Gasteiger partial charge in [0.05, 0.1) is 18.8 Å². The third-order valence-corrected chi connectivity index (χ3v) is 6.67. The van der Waals surface area contributed by atoms with Gasteiger partial charge in [-0.05, 0) is 79.3 Å². The molecule has 7 heteroatoms. The molecule has 1 N–H and O–H groups in total. The van der Waals surface area contributed by atoms with Crippen LogP contribution in [0.4, 0.5) is 5.69 Å². The molecule has 3 heterocycles. The molecule has 4 aromatic rings. The number of nitrogens with zero attached hydrogens (tertiary/aromatic N) is 3. The van der Waals surface area contributed by atoms with E-state index in [2.05, 4.69) is 44.2 Å². The number of methoxy groups -OCH3 is 1. The van der Waals surface area contributed by atoms with Gasteiger partial charge in [-0.25, -0.2) is 0 Å². The first-order valence-corrected chi connectivity index (χ1v) is 11.4. The number of nitrogens with one attached hydrogen (secondary N) is 1. The van der Waals surface area contributed by atoms with Crippen LogP contribution < -0.4 is 15.0 Å². The molecule has 0 spiro atoms. The maximum Gasteiger partial charge on any atom is 0.174 e. The van der Waals surface area contributed by atoms with Gasteiger partial charge in [0.25, 0.3) is 0 Å². The Labute approximate surface area is 203 Å². The highest BCUT2D eigenvalue weighted by atomic mass is 35.5. The van der Waals surface area contributed by atoms with Crippen LogP contribution in [0.25, 0.3) is 5.69 Å². The molecule has 1 fully saturated rings. The lowest BCUT2D eigenvalue weighted by molar-refractivity contribution is 0.414. The summed E-state index contributed by atoms with van der Waals surface area (Å²) in [7, 11) is 1.67. The zero-order chi connectivity index (χ0) is 22.9. The third-order valence-electron chi connectivity index (χ3n) is 5.93. The number of halogens is 1. The Hall–Kier alpha value is -3.35. The monoisotopic (exact) mass is 474 g/mol. The Morgan fingerprint density at radius 2 is 1.88 bits per heavy atom. The Balaban J connectivity index is 1.67. The summed E-state index contributed by atoms with van der Waals surface area (Å²) in [4.78, 5) is 6.79. The molecule has 5 rings (SSSR count). The number of pyridine rings is 1. The van der Waals surface area contributed by atoms with E-state index in [1.54, 1.807) is 7.11 Å². The molecular weight excluding hydrogens is 452 g/mol. The number of hydrogen-bond donors (Lipinski definition) is 1. The Bertz CT molecular complexity index is 1310. The average molecular weight is 475 g/mol. The zero-order valence-electron chi connectivity index (χ0n) is 18.3. The number of ether oxygens (including phenoxy) is 1. The highest BCUT2D eigenvalue weighted by Gasteiger charge is 2.42. The minimum Gasteiger partial charge on any atom is -0.497 e. The number of aryl methyl sites for hydroxylation is 1. The van der Waals surface area contributed by atoms with E-state index in [-0.39, 0.29) is 12.1 Å². The van der Waals surface area contributed by atoms with E-state index in [4.69, 9.17) is 28.6 Å². The molecule has 33 heavy (non-hydrogen) atoms. The summed E-state index contributed by atoms with van der Waals surface area (Å²) in [5.74, 6) is 0.777. The quantitative estimate of drug-likeness (QED) is 0.358.